The molecule has 1 heterocycles. The Morgan fingerprint density at radius 3 is 2.67 bits per heavy atom. The van der Waals surface area contributed by atoms with Crippen LogP contribution in [-0.4, -0.2) is 44.9 Å². The first-order valence-corrected chi connectivity index (χ1v) is 9.69. The third kappa shape index (κ3) is 5.07. The summed E-state index contributed by atoms with van der Waals surface area (Å²) in [6, 6.07) is 6.58. The molecular weight excluding hydrogens is 328 g/mol. The van der Waals surface area contributed by atoms with E-state index < -0.39 is 9.84 Å². The van der Waals surface area contributed by atoms with E-state index >= 15 is 0 Å². The number of hydrogen-bond acceptors (Lipinski definition) is 6. The Labute approximate surface area is 143 Å². The Kier molecular flexibility index (Phi) is 6.01. The van der Waals surface area contributed by atoms with E-state index in [-0.39, 0.29) is 4.90 Å². The zero-order chi connectivity index (χ0) is 17.7. The van der Waals surface area contributed by atoms with Crippen molar-refractivity contribution in [3.63, 3.8) is 0 Å². The molecule has 7 heteroatoms. The first-order chi connectivity index (χ1) is 11.3. The van der Waals surface area contributed by atoms with Gasteiger partial charge in [-0.15, -0.1) is 0 Å². The van der Waals surface area contributed by atoms with Gasteiger partial charge in [0.05, 0.1) is 17.2 Å². The molecule has 0 aliphatic rings. The maximum atomic E-state index is 11.5. The predicted molar refractivity (Wildman–Crippen MR) is 92.0 cm³/mol. The molecule has 0 radical (unpaired) electrons. The number of nitrogens with zero attached hydrogens (tertiary/aromatic N) is 2. The second kappa shape index (κ2) is 7.81. The van der Waals surface area contributed by atoms with Crippen LogP contribution in [0.2, 0.25) is 0 Å². The van der Waals surface area contributed by atoms with Crippen LogP contribution in [0, 0.1) is 13.8 Å². The SMILES string of the molecule is Cc1noc(C)c1CN(C)CCCOc1cccc(S(C)(=O)=O)c1. The normalized spacial score (nSPS) is 11.9. The number of rotatable bonds is 8. The summed E-state index contributed by atoms with van der Waals surface area (Å²) in [4.78, 5) is 2.46. The third-order valence-corrected chi connectivity index (χ3v) is 4.91. The molecule has 0 saturated carbocycles. The summed E-state index contributed by atoms with van der Waals surface area (Å²) in [7, 11) is -1.17. The fourth-order valence-electron chi connectivity index (χ4n) is 2.40. The van der Waals surface area contributed by atoms with E-state index in [1.165, 1.54) is 6.26 Å². The molecule has 0 aliphatic heterocycles. The van der Waals surface area contributed by atoms with Crippen molar-refractivity contribution in [2.75, 3.05) is 26.5 Å². The van der Waals surface area contributed by atoms with E-state index in [9.17, 15) is 8.42 Å². The predicted octanol–water partition coefficient (Wildman–Crippen LogP) is 2.60. The van der Waals surface area contributed by atoms with Crippen molar-refractivity contribution in [3.8, 4) is 5.75 Å². The lowest BCUT2D eigenvalue weighted by atomic mass is 10.2. The van der Waals surface area contributed by atoms with Crippen molar-refractivity contribution in [2.24, 2.45) is 0 Å². The molecule has 0 unspecified atom stereocenters. The number of benzene rings is 1. The summed E-state index contributed by atoms with van der Waals surface area (Å²) in [6.07, 6.45) is 2.03. The highest BCUT2D eigenvalue weighted by Gasteiger charge is 2.11. The van der Waals surface area contributed by atoms with Crippen molar-refractivity contribution in [1.82, 2.24) is 10.1 Å². The van der Waals surface area contributed by atoms with Crippen LogP contribution < -0.4 is 4.74 Å². The second-order valence-electron chi connectivity index (χ2n) is 5.99. The largest absolute Gasteiger partial charge is 0.494 e. The number of sulfone groups is 1. The summed E-state index contributed by atoms with van der Waals surface area (Å²) in [5.41, 5.74) is 2.05. The molecule has 1 aromatic heterocycles. The van der Waals surface area contributed by atoms with Gasteiger partial charge in [-0.1, -0.05) is 11.2 Å². The van der Waals surface area contributed by atoms with E-state index in [0.717, 1.165) is 36.5 Å². The Morgan fingerprint density at radius 2 is 2.04 bits per heavy atom. The van der Waals surface area contributed by atoms with Gasteiger partial charge in [-0.2, -0.15) is 0 Å². The molecule has 24 heavy (non-hydrogen) atoms. The number of hydrogen-bond donors (Lipinski definition) is 0. The van der Waals surface area contributed by atoms with Crippen LogP contribution in [0.15, 0.2) is 33.7 Å². The van der Waals surface area contributed by atoms with Gasteiger partial charge in [-0.3, -0.25) is 0 Å². The van der Waals surface area contributed by atoms with Crippen LogP contribution in [-0.2, 0) is 16.4 Å². The van der Waals surface area contributed by atoms with Gasteiger partial charge in [-0.25, -0.2) is 8.42 Å². The highest BCUT2D eigenvalue weighted by atomic mass is 32.2. The minimum Gasteiger partial charge on any atom is -0.494 e. The highest BCUT2D eigenvalue weighted by molar-refractivity contribution is 7.90. The smallest absolute Gasteiger partial charge is 0.175 e. The van der Waals surface area contributed by atoms with Crippen LogP contribution in [0.1, 0.15) is 23.4 Å². The Bertz CT molecular complexity index is 764. The first-order valence-electron chi connectivity index (χ1n) is 7.80. The molecule has 0 aliphatic carbocycles. The maximum absolute atomic E-state index is 11.5. The Balaban J connectivity index is 1.79. The lowest BCUT2D eigenvalue weighted by Crippen LogP contribution is -2.21. The van der Waals surface area contributed by atoms with Gasteiger partial charge in [-0.05, 0) is 45.5 Å². The van der Waals surface area contributed by atoms with Gasteiger partial charge in [0.2, 0.25) is 0 Å². The topological polar surface area (TPSA) is 72.6 Å². The van der Waals surface area contributed by atoms with Gasteiger partial charge in [0.25, 0.3) is 0 Å². The molecule has 0 N–H and O–H groups in total. The molecule has 0 atom stereocenters. The van der Waals surface area contributed by atoms with Crippen molar-refractivity contribution in [2.45, 2.75) is 31.7 Å². The monoisotopic (exact) mass is 352 g/mol. The molecule has 1 aromatic carbocycles. The summed E-state index contributed by atoms with van der Waals surface area (Å²) < 4.78 is 33.9. The molecule has 2 aromatic rings. The fourth-order valence-corrected chi connectivity index (χ4v) is 3.05. The van der Waals surface area contributed by atoms with Crippen LogP contribution in [0.25, 0.3) is 0 Å². The van der Waals surface area contributed by atoms with Crippen LogP contribution in [0.5, 0.6) is 5.75 Å². The zero-order valence-electron chi connectivity index (χ0n) is 14.6. The lowest BCUT2D eigenvalue weighted by Gasteiger charge is -2.16. The molecule has 132 valence electrons. The third-order valence-electron chi connectivity index (χ3n) is 3.80. The van der Waals surface area contributed by atoms with E-state index in [2.05, 4.69) is 10.1 Å². The van der Waals surface area contributed by atoms with E-state index in [1.54, 1.807) is 24.3 Å². The number of aromatic nitrogens is 1. The van der Waals surface area contributed by atoms with Gasteiger partial charge in [0, 0.05) is 24.9 Å². The van der Waals surface area contributed by atoms with Gasteiger partial charge >= 0.3 is 0 Å². The molecular formula is C17H24N2O4S. The van der Waals surface area contributed by atoms with E-state index in [1.807, 2.05) is 20.9 Å². The second-order valence-corrected chi connectivity index (χ2v) is 8.01. The maximum Gasteiger partial charge on any atom is 0.175 e. The zero-order valence-corrected chi connectivity index (χ0v) is 15.4. The fraction of sp³-hybridized carbons (Fsp3) is 0.471. The minimum atomic E-state index is -3.21. The molecule has 0 fully saturated rings. The quantitative estimate of drug-likeness (QED) is 0.680. The average Bonchev–Trinajstić information content (AvgIpc) is 2.83. The molecule has 2 rings (SSSR count). The first kappa shape index (κ1) is 18.5. The molecule has 0 bridgehead atoms. The Morgan fingerprint density at radius 1 is 1.29 bits per heavy atom. The van der Waals surface area contributed by atoms with E-state index in [4.69, 9.17) is 9.26 Å². The van der Waals surface area contributed by atoms with Crippen LogP contribution in [0.3, 0.4) is 0 Å². The van der Waals surface area contributed by atoms with Crippen molar-refractivity contribution in [1.29, 1.82) is 0 Å². The lowest BCUT2D eigenvalue weighted by molar-refractivity contribution is 0.257. The van der Waals surface area contributed by atoms with Crippen LogP contribution in [0.4, 0.5) is 0 Å². The number of ether oxygens (including phenoxy) is 1. The average molecular weight is 352 g/mol. The summed E-state index contributed by atoms with van der Waals surface area (Å²) in [5.74, 6) is 1.43. The molecule has 0 amide bonds. The summed E-state index contributed by atoms with van der Waals surface area (Å²) >= 11 is 0. The van der Waals surface area contributed by atoms with Gasteiger partial charge < -0.3 is 14.2 Å². The Hall–Kier alpha value is -1.86. The molecule has 0 saturated heterocycles. The van der Waals surface area contributed by atoms with Gasteiger partial charge in [0.1, 0.15) is 11.5 Å². The van der Waals surface area contributed by atoms with Crippen molar-refractivity contribution < 1.29 is 17.7 Å². The van der Waals surface area contributed by atoms with Crippen LogP contribution >= 0.6 is 0 Å². The number of aryl methyl sites for hydroxylation is 2. The summed E-state index contributed by atoms with van der Waals surface area (Å²) in [6.45, 7) is 6.03. The highest BCUT2D eigenvalue weighted by Crippen LogP contribution is 2.18. The van der Waals surface area contributed by atoms with Gasteiger partial charge in [0.15, 0.2) is 9.84 Å². The van der Waals surface area contributed by atoms with Crippen molar-refractivity contribution in [3.05, 3.63) is 41.3 Å². The standard InChI is InChI=1S/C17H24N2O4S/c1-13-17(14(2)23-18-13)12-19(3)9-6-10-22-15-7-5-8-16(11-15)24(4,20)21/h5,7-8,11H,6,9-10,12H2,1-4H3. The van der Waals surface area contributed by atoms with Crippen molar-refractivity contribution >= 4 is 9.84 Å². The summed E-state index contributed by atoms with van der Waals surface area (Å²) in [5, 5.41) is 3.96. The molecule has 6 nitrogen and oxygen atoms in total. The molecule has 0 spiro atoms. The van der Waals surface area contributed by atoms with E-state index in [0.29, 0.717) is 12.4 Å². The minimum absolute atomic E-state index is 0.274.